The molecule has 1 fully saturated rings. The SMILES string of the molecule is CS(=O)(=O)Nc1ccc(N2CCCN(c3ncccn3)CC2)cc1C(=O)O. The van der Waals surface area contributed by atoms with Crippen molar-refractivity contribution in [1.29, 1.82) is 0 Å². The van der Waals surface area contributed by atoms with Gasteiger partial charge in [0.15, 0.2) is 0 Å². The van der Waals surface area contributed by atoms with Crippen molar-refractivity contribution in [3.63, 3.8) is 0 Å². The van der Waals surface area contributed by atoms with Gasteiger partial charge in [0.05, 0.1) is 17.5 Å². The zero-order valence-electron chi connectivity index (χ0n) is 14.9. The predicted molar refractivity (Wildman–Crippen MR) is 103 cm³/mol. The van der Waals surface area contributed by atoms with E-state index >= 15 is 0 Å². The predicted octanol–water partition coefficient (Wildman–Crippen LogP) is 1.26. The van der Waals surface area contributed by atoms with Gasteiger partial charge in [-0.25, -0.2) is 23.2 Å². The summed E-state index contributed by atoms with van der Waals surface area (Å²) in [5, 5.41) is 9.45. The van der Waals surface area contributed by atoms with E-state index in [1.807, 2.05) is 0 Å². The molecule has 0 radical (unpaired) electrons. The number of aromatic carboxylic acids is 1. The van der Waals surface area contributed by atoms with E-state index in [2.05, 4.69) is 24.5 Å². The maximum Gasteiger partial charge on any atom is 0.337 e. The molecule has 0 unspecified atom stereocenters. The fraction of sp³-hybridized carbons (Fsp3) is 0.353. The van der Waals surface area contributed by atoms with E-state index in [1.165, 1.54) is 12.1 Å². The van der Waals surface area contributed by atoms with Crippen molar-refractivity contribution in [3.8, 4) is 0 Å². The smallest absolute Gasteiger partial charge is 0.337 e. The largest absolute Gasteiger partial charge is 0.478 e. The van der Waals surface area contributed by atoms with Crippen LogP contribution >= 0.6 is 0 Å². The zero-order valence-corrected chi connectivity index (χ0v) is 15.7. The Morgan fingerprint density at radius 2 is 1.78 bits per heavy atom. The summed E-state index contributed by atoms with van der Waals surface area (Å²) >= 11 is 0. The Morgan fingerprint density at radius 1 is 1.11 bits per heavy atom. The molecule has 1 aromatic carbocycles. The molecule has 144 valence electrons. The minimum absolute atomic E-state index is 0.0582. The monoisotopic (exact) mass is 391 g/mol. The minimum Gasteiger partial charge on any atom is -0.478 e. The molecule has 0 saturated carbocycles. The van der Waals surface area contributed by atoms with Gasteiger partial charge in [0.1, 0.15) is 0 Å². The lowest BCUT2D eigenvalue weighted by molar-refractivity contribution is 0.0698. The summed E-state index contributed by atoms with van der Waals surface area (Å²) in [5.74, 6) is -0.504. The van der Waals surface area contributed by atoms with Crippen molar-refractivity contribution in [2.24, 2.45) is 0 Å². The first-order valence-corrected chi connectivity index (χ1v) is 10.3. The highest BCUT2D eigenvalue weighted by Gasteiger charge is 2.20. The van der Waals surface area contributed by atoms with Gasteiger partial charge in [0, 0.05) is 44.3 Å². The fourth-order valence-electron chi connectivity index (χ4n) is 3.02. The van der Waals surface area contributed by atoms with E-state index in [-0.39, 0.29) is 11.3 Å². The third-order valence-electron chi connectivity index (χ3n) is 4.22. The molecule has 3 rings (SSSR count). The van der Waals surface area contributed by atoms with Crippen molar-refractivity contribution < 1.29 is 18.3 Å². The number of carboxylic acid groups (broad SMARTS) is 1. The summed E-state index contributed by atoms with van der Waals surface area (Å²) in [4.78, 5) is 24.3. The zero-order chi connectivity index (χ0) is 19.4. The van der Waals surface area contributed by atoms with Gasteiger partial charge >= 0.3 is 5.97 Å². The van der Waals surface area contributed by atoms with Gasteiger partial charge < -0.3 is 14.9 Å². The fourth-order valence-corrected chi connectivity index (χ4v) is 3.60. The van der Waals surface area contributed by atoms with Crippen LogP contribution in [-0.4, -0.2) is 61.9 Å². The van der Waals surface area contributed by atoms with Crippen LogP contribution in [0.15, 0.2) is 36.7 Å². The molecule has 10 heteroatoms. The van der Waals surface area contributed by atoms with Crippen molar-refractivity contribution in [3.05, 3.63) is 42.2 Å². The maximum absolute atomic E-state index is 11.6. The topological polar surface area (TPSA) is 116 Å². The summed E-state index contributed by atoms with van der Waals surface area (Å²) < 4.78 is 25.1. The summed E-state index contributed by atoms with van der Waals surface area (Å²) in [6.07, 6.45) is 5.26. The molecule has 1 aliphatic rings. The summed E-state index contributed by atoms with van der Waals surface area (Å²) in [7, 11) is -3.56. The van der Waals surface area contributed by atoms with Crippen LogP contribution < -0.4 is 14.5 Å². The summed E-state index contributed by atoms with van der Waals surface area (Å²) in [5.41, 5.74) is 0.718. The van der Waals surface area contributed by atoms with Crippen LogP contribution in [0.25, 0.3) is 0 Å². The minimum atomic E-state index is -3.56. The number of nitrogens with zero attached hydrogens (tertiary/aromatic N) is 4. The first kappa shape index (κ1) is 18.9. The van der Waals surface area contributed by atoms with Gasteiger partial charge in [-0.2, -0.15) is 0 Å². The van der Waals surface area contributed by atoms with Gasteiger partial charge in [0.2, 0.25) is 16.0 Å². The van der Waals surface area contributed by atoms with E-state index < -0.39 is 16.0 Å². The second-order valence-electron chi connectivity index (χ2n) is 6.29. The third kappa shape index (κ3) is 4.85. The van der Waals surface area contributed by atoms with E-state index in [4.69, 9.17) is 0 Å². The number of benzene rings is 1. The van der Waals surface area contributed by atoms with Crippen LogP contribution in [0.4, 0.5) is 17.3 Å². The molecule has 0 bridgehead atoms. The van der Waals surface area contributed by atoms with Crippen LogP contribution in [0.3, 0.4) is 0 Å². The number of anilines is 3. The number of carboxylic acids is 1. The second kappa shape index (κ2) is 7.78. The van der Waals surface area contributed by atoms with Crippen LogP contribution in [-0.2, 0) is 10.0 Å². The first-order valence-electron chi connectivity index (χ1n) is 8.45. The van der Waals surface area contributed by atoms with Crippen LogP contribution in [0.5, 0.6) is 0 Å². The summed E-state index contributed by atoms with van der Waals surface area (Å²) in [6, 6.07) is 6.50. The normalized spacial score (nSPS) is 15.3. The molecule has 1 saturated heterocycles. The van der Waals surface area contributed by atoms with Crippen LogP contribution in [0.1, 0.15) is 16.8 Å². The lowest BCUT2D eigenvalue weighted by atomic mass is 10.1. The number of rotatable bonds is 5. The molecule has 0 amide bonds. The molecular weight excluding hydrogens is 370 g/mol. The van der Waals surface area contributed by atoms with Gasteiger partial charge in [-0.3, -0.25) is 4.72 Å². The average Bonchev–Trinajstić information content (AvgIpc) is 2.87. The number of aromatic nitrogens is 2. The number of sulfonamides is 1. The van der Waals surface area contributed by atoms with Crippen molar-refractivity contribution in [2.45, 2.75) is 6.42 Å². The maximum atomic E-state index is 11.6. The van der Waals surface area contributed by atoms with Gasteiger partial charge in [0.25, 0.3) is 0 Å². The first-order chi connectivity index (χ1) is 12.8. The molecular formula is C17H21N5O4S. The molecule has 0 aliphatic carbocycles. The molecule has 27 heavy (non-hydrogen) atoms. The quantitative estimate of drug-likeness (QED) is 0.783. The molecule has 0 atom stereocenters. The Morgan fingerprint density at radius 3 is 2.44 bits per heavy atom. The molecule has 1 aromatic heterocycles. The molecule has 2 aromatic rings. The second-order valence-corrected chi connectivity index (χ2v) is 8.03. The highest BCUT2D eigenvalue weighted by atomic mass is 32.2. The number of carbonyl (C=O) groups is 1. The highest BCUT2D eigenvalue weighted by molar-refractivity contribution is 7.92. The van der Waals surface area contributed by atoms with Crippen molar-refractivity contribution in [2.75, 3.05) is 47.0 Å². The lowest BCUT2D eigenvalue weighted by Gasteiger charge is -2.24. The third-order valence-corrected chi connectivity index (χ3v) is 4.82. The van der Waals surface area contributed by atoms with E-state index in [0.717, 1.165) is 31.5 Å². The van der Waals surface area contributed by atoms with Crippen LogP contribution in [0.2, 0.25) is 0 Å². The lowest BCUT2D eigenvalue weighted by Crippen LogP contribution is -2.31. The molecule has 1 aliphatic heterocycles. The molecule has 2 N–H and O–H groups in total. The summed E-state index contributed by atoms with van der Waals surface area (Å²) in [6.45, 7) is 2.94. The Bertz CT molecular complexity index is 920. The van der Waals surface area contributed by atoms with E-state index in [9.17, 15) is 18.3 Å². The van der Waals surface area contributed by atoms with E-state index in [0.29, 0.717) is 19.0 Å². The average molecular weight is 391 g/mol. The van der Waals surface area contributed by atoms with Crippen LogP contribution in [0, 0.1) is 0 Å². The Labute approximate surface area is 157 Å². The van der Waals surface area contributed by atoms with E-state index in [1.54, 1.807) is 24.5 Å². The number of hydrogen-bond donors (Lipinski definition) is 2. The Kier molecular flexibility index (Phi) is 5.45. The highest BCUT2D eigenvalue weighted by Crippen LogP contribution is 2.25. The Balaban J connectivity index is 1.80. The number of nitrogens with one attached hydrogen (secondary N) is 1. The van der Waals surface area contributed by atoms with Crippen molar-refractivity contribution >= 4 is 33.3 Å². The van der Waals surface area contributed by atoms with Gasteiger partial charge in [-0.05, 0) is 30.7 Å². The molecule has 9 nitrogen and oxygen atoms in total. The van der Waals surface area contributed by atoms with Crippen molar-refractivity contribution in [1.82, 2.24) is 9.97 Å². The standard InChI is InChI=1S/C17H21N5O4S/c1-27(25,26)20-15-5-4-13(12-14(15)16(23)24)21-8-3-9-22(11-10-21)17-18-6-2-7-19-17/h2,4-7,12,20H,3,8-11H2,1H3,(H,23,24). The van der Waals surface area contributed by atoms with Gasteiger partial charge in [-0.15, -0.1) is 0 Å². The molecule has 0 spiro atoms. The Hall–Kier alpha value is -2.88. The molecule has 2 heterocycles. The number of hydrogen-bond acceptors (Lipinski definition) is 7. The van der Waals surface area contributed by atoms with Gasteiger partial charge in [-0.1, -0.05) is 0 Å².